The van der Waals surface area contributed by atoms with Gasteiger partial charge in [0.15, 0.2) is 0 Å². The largest absolute Gasteiger partial charge is 0.394 e. The summed E-state index contributed by atoms with van der Waals surface area (Å²) in [5.74, 6) is 0.153. The molecule has 0 aliphatic carbocycles. The fraction of sp³-hybridized carbons (Fsp3) is 0.625. The zero-order chi connectivity index (χ0) is 9.10. The van der Waals surface area contributed by atoms with Gasteiger partial charge in [-0.3, -0.25) is 4.79 Å². The van der Waals surface area contributed by atoms with E-state index in [1.54, 1.807) is 16.3 Å². The van der Waals surface area contributed by atoms with E-state index >= 15 is 0 Å². The van der Waals surface area contributed by atoms with Crippen molar-refractivity contribution in [3.63, 3.8) is 0 Å². The summed E-state index contributed by atoms with van der Waals surface area (Å²) in [6, 6.07) is 0. The SMILES string of the molecule is O=C1CCCCCN1N1C=CON1. The molecule has 0 saturated carbocycles. The van der Waals surface area contributed by atoms with Crippen molar-refractivity contribution in [2.75, 3.05) is 6.54 Å². The van der Waals surface area contributed by atoms with Crippen LogP contribution in [0.2, 0.25) is 0 Å². The maximum atomic E-state index is 11.6. The third-order valence-electron chi connectivity index (χ3n) is 2.22. The average Bonchev–Trinajstić information content (AvgIpc) is 2.56. The summed E-state index contributed by atoms with van der Waals surface area (Å²) in [7, 11) is 0. The first kappa shape index (κ1) is 8.37. The molecule has 2 rings (SSSR count). The smallest absolute Gasteiger partial charge is 0.242 e. The minimum absolute atomic E-state index is 0.153. The Kier molecular flexibility index (Phi) is 2.35. The van der Waals surface area contributed by atoms with E-state index in [1.807, 2.05) is 0 Å². The first-order chi connectivity index (χ1) is 6.38. The molecule has 0 aromatic heterocycles. The Balaban J connectivity index is 2.01. The minimum atomic E-state index is 0.153. The number of nitrogens with zero attached hydrogens (tertiary/aromatic N) is 2. The van der Waals surface area contributed by atoms with Gasteiger partial charge in [-0.1, -0.05) is 6.42 Å². The summed E-state index contributed by atoms with van der Waals surface area (Å²) >= 11 is 0. The molecule has 0 spiro atoms. The van der Waals surface area contributed by atoms with Crippen molar-refractivity contribution < 1.29 is 9.63 Å². The van der Waals surface area contributed by atoms with Crippen LogP contribution in [0.4, 0.5) is 0 Å². The zero-order valence-corrected chi connectivity index (χ0v) is 7.40. The van der Waals surface area contributed by atoms with Gasteiger partial charge in [0.05, 0.1) is 6.20 Å². The van der Waals surface area contributed by atoms with Gasteiger partial charge in [-0.15, -0.1) is 0 Å². The Morgan fingerprint density at radius 2 is 2.31 bits per heavy atom. The normalized spacial score (nSPS) is 23.2. The second kappa shape index (κ2) is 3.66. The summed E-state index contributed by atoms with van der Waals surface area (Å²) < 4.78 is 0. The summed E-state index contributed by atoms with van der Waals surface area (Å²) in [6.45, 7) is 0.763. The van der Waals surface area contributed by atoms with Crippen LogP contribution in [-0.2, 0) is 9.63 Å². The Morgan fingerprint density at radius 1 is 1.38 bits per heavy atom. The summed E-state index contributed by atoms with van der Waals surface area (Å²) in [4.78, 5) is 16.4. The number of amides is 1. The molecular weight excluding hydrogens is 170 g/mol. The molecule has 1 amide bonds. The summed E-state index contributed by atoms with van der Waals surface area (Å²) in [6.07, 6.45) is 7.01. The molecular formula is C8H13N3O2. The van der Waals surface area contributed by atoms with Crippen LogP contribution in [-0.4, -0.2) is 22.6 Å². The van der Waals surface area contributed by atoms with Gasteiger partial charge in [0.25, 0.3) is 0 Å². The number of hydrazine groups is 2. The van der Waals surface area contributed by atoms with Crippen LogP contribution in [0, 0.1) is 0 Å². The quantitative estimate of drug-likeness (QED) is 0.644. The van der Waals surface area contributed by atoms with Crippen LogP contribution in [0.5, 0.6) is 0 Å². The number of hydrogen-bond donors (Lipinski definition) is 1. The van der Waals surface area contributed by atoms with Crippen LogP contribution >= 0.6 is 0 Å². The van der Waals surface area contributed by atoms with Crippen LogP contribution in [0.25, 0.3) is 0 Å². The third kappa shape index (κ3) is 1.75. The second-order valence-electron chi connectivity index (χ2n) is 3.17. The molecule has 1 fully saturated rings. The molecule has 2 aliphatic heterocycles. The van der Waals surface area contributed by atoms with Crippen molar-refractivity contribution >= 4 is 5.91 Å². The Hall–Kier alpha value is -1.23. The number of hydrogen-bond acceptors (Lipinski definition) is 4. The molecule has 0 atom stereocenters. The minimum Gasteiger partial charge on any atom is -0.394 e. The Labute approximate surface area is 76.8 Å². The van der Waals surface area contributed by atoms with Crippen LogP contribution in [0.15, 0.2) is 12.5 Å². The summed E-state index contributed by atoms with van der Waals surface area (Å²) in [5.41, 5.74) is 2.61. The fourth-order valence-corrected chi connectivity index (χ4v) is 1.53. The molecule has 0 unspecified atom stereocenters. The first-order valence-corrected chi connectivity index (χ1v) is 4.55. The van der Waals surface area contributed by atoms with Gasteiger partial charge in [0.1, 0.15) is 6.26 Å². The topological polar surface area (TPSA) is 44.8 Å². The van der Waals surface area contributed by atoms with E-state index in [0.717, 1.165) is 25.8 Å². The van der Waals surface area contributed by atoms with E-state index in [0.29, 0.717) is 6.42 Å². The lowest BCUT2D eigenvalue weighted by Crippen LogP contribution is -2.47. The highest BCUT2D eigenvalue weighted by atomic mass is 16.7. The average molecular weight is 183 g/mol. The van der Waals surface area contributed by atoms with Gasteiger partial charge in [-0.2, -0.15) is 5.12 Å². The number of carbonyl (C=O) groups excluding carboxylic acids is 1. The second-order valence-corrected chi connectivity index (χ2v) is 3.17. The van der Waals surface area contributed by atoms with Crippen LogP contribution in [0.1, 0.15) is 25.7 Å². The van der Waals surface area contributed by atoms with Crippen molar-refractivity contribution in [3.8, 4) is 0 Å². The number of rotatable bonds is 1. The number of carbonyl (C=O) groups is 1. The zero-order valence-electron chi connectivity index (χ0n) is 7.40. The molecule has 0 bridgehead atoms. The Bertz CT molecular complexity index is 229. The van der Waals surface area contributed by atoms with Gasteiger partial charge < -0.3 is 4.84 Å². The van der Waals surface area contributed by atoms with E-state index in [-0.39, 0.29) is 5.91 Å². The molecule has 72 valence electrons. The van der Waals surface area contributed by atoms with Gasteiger partial charge in [0.2, 0.25) is 5.91 Å². The maximum Gasteiger partial charge on any atom is 0.242 e. The highest BCUT2D eigenvalue weighted by Crippen LogP contribution is 2.13. The molecule has 0 radical (unpaired) electrons. The van der Waals surface area contributed by atoms with E-state index < -0.39 is 0 Å². The molecule has 5 heteroatoms. The lowest BCUT2D eigenvalue weighted by atomic mass is 10.2. The lowest BCUT2D eigenvalue weighted by molar-refractivity contribution is -0.159. The fourth-order valence-electron chi connectivity index (χ4n) is 1.53. The third-order valence-corrected chi connectivity index (χ3v) is 2.22. The van der Waals surface area contributed by atoms with Crippen molar-refractivity contribution in [1.82, 2.24) is 15.7 Å². The predicted octanol–water partition coefficient (Wildman–Crippen LogP) is 0.527. The van der Waals surface area contributed by atoms with Gasteiger partial charge in [0, 0.05) is 13.0 Å². The van der Waals surface area contributed by atoms with E-state index in [2.05, 4.69) is 5.59 Å². The molecule has 1 saturated heterocycles. The lowest BCUT2D eigenvalue weighted by Gasteiger charge is -2.28. The standard InChI is InChI=1S/C8H13N3O2/c12-8-4-2-1-3-5-10(8)11-6-7-13-9-11/h6-7,9H,1-5H2. The van der Waals surface area contributed by atoms with Crippen molar-refractivity contribution in [2.45, 2.75) is 25.7 Å². The van der Waals surface area contributed by atoms with Gasteiger partial charge >= 0.3 is 0 Å². The highest BCUT2D eigenvalue weighted by molar-refractivity contribution is 5.75. The molecule has 5 nitrogen and oxygen atoms in total. The summed E-state index contributed by atoms with van der Waals surface area (Å²) in [5, 5.41) is 3.27. The van der Waals surface area contributed by atoms with Crippen LogP contribution in [0.3, 0.4) is 0 Å². The monoisotopic (exact) mass is 183 g/mol. The van der Waals surface area contributed by atoms with E-state index in [9.17, 15) is 4.79 Å². The molecule has 0 aromatic rings. The van der Waals surface area contributed by atoms with Gasteiger partial charge in [-0.05, 0) is 18.4 Å². The predicted molar refractivity (Wildman–Crippen MR) is 45.4 cm³/mol. The maximum absolute atomic E-state index is 11.6. The van der Waals surface area contributed by atoms with E-state index in [1.165, 1.54) is 6.26 Å². The molecule has 2 aliphatic rings. The van der Waals surface area contributed by atoms with Gasteiger partial charge in [-0.25, -0.2) is 5.01 Å². The molecule has 1 N–H and O–H groups in total. The highest BCUT2D eigenvalue weighted by Gasteiger charge is 2.22. The first-order valence-electron chi connectivity index (χ1n) is 4.55. The van der Waals surface area contributed by atoms with Crippen molar-refractivity contribution in [2.24, 2.45) is 0 Å². The van der Waals surface area contributed by atoms with Crippen LogP contribution < -0.4 is 5.59 Å². The van der Waals surface area contributed by atoms with E-state index in [4.69, 9.17) is 4.84 Å². The Morgan fingerprint density at radius 3 is 3.08 bits per heavy atom. The van der Waals surface area contributed by atoms with Crippen molar-refractivity contribution in [3.05, 3.63) is 12.5 Å². The molecule has 13 heavy (non-hydrogen) atoms. The number of nitrogens with one attached hydrogen (secondary N) is 1. The van der Waals surface area contributed by atoms with Crippen molar-refractivity contribution in [1.29, 1.82) is 0 Å². The molecule has 0 aromatic carbocycles. The molecule has 2 heterocycles.